The Kier molecular flexibility index (Phi) is 6.36. The minimum absolute atomic E-state index is 0.117. The average Bonchev–Trinajstić information content (AvgIpc) is 3.36. The van der Waals surface area contributed by atoms with E-state index in [1.165, 1.54) is 4.88 Å². The lowest BCUT2D eigenvalue weighted by Gasteiger charge is -2.24. The molecule has 1 N–H and O–H groups in total. The van der Waals surface area contributed by atoms with E-state index in [-0.39, 0.29) is 18.6 Å². The molecule has 2 aromatic rings. The first-order valence-corrected chi connectivity index (χ1v) is 10.7. The zero-order chi connectivity index (χ0) is 19.3. The third-order valence-corrected chi connectivity index (χ3v) is 5.89. The van der Waals surface area contributed by atoms with Gasteiger partial charge in [-0.3, -0.25) is 9.69 Å². The van der Waals surface area contributed by atoms with Crippen molar-refractivity contribution in [1.29, 1.82) is 0 Å². The smallest absolute Gasteiger partial charge is 0.238 e. The molecule has 4 rings (SSSR count). The van der Waals surface area contributed by atoms with E-state index in [9.17, 15) is 4.79 Å². The van der Waals surface area contributed by atoms with E-state index in [1.807, 2.05) is 6.07 Å². The minimum atomic E-state index is -0.117. The molecule has 1 saturated heterocycles. The Hall–Kier alpha value is -1.80. The van der Waals surface area contributed by atoms with Crippen molar-refractivity contribution in [2.45, 2.75) is 25.5 Å². The van der Waals surface area contributed by atoms with Gasteiger partial charge in [-0.2, -0.15) is 0 Å². The summed E-state index contributed by atoms with van der Waals surface area (Å²) in [5, 5.41) is 5.39. The molecule has 0 bridgehead atoms. The Labute approximate surface area is 173 Å². The van der Waals surface area contributed by atoms with Crippen molar-refractivity contribution >= 4 is 34.5 Å². The molecule has 6 nitrogen and oxygen atoms in total. The highest BCUT2D eigenvalue weighted by Gasteiger charge is 2.22. The average molecular weight is 423 g/mol. The van der Waals surface area contributed by atoms with E-state index in [0.717, 1.165) is 32.5 Å². The zero-order valence-corrected chi connectivity index (χ0v) is 17.1. The summed E-state index contributed by atoms with van der Waals surface area (Å²) in [6.07, 6.45) is 2.30. The number of nitrogens with zero attached hydrogens (tertiary/aromatic N) is 1. The number of rotatable bonds is 7. The maximum atomic E-state index is 12.7. The second-order valence-corrected chi connectivity index (χ2v) is 8.35. The van der Waals surface area contributed by atoms with Crippen molar-refractivity contribution < 1.29 is 19.0 Å². The van der Waals surface area contributed by atoms with Crippen LogP contribution in [0.5, 0.6) is 11.5 Å². The molecular weight excluding hydrogens is 400 g/mol. The van der Waals surface area contributed by atoms with Crippen LogP contribution in [0.3, 0.4) is 0 Å². The molecule has 2 aliphatic heterocycles. The van der Waals surface area contributed by atoms with E-state index in [1.54, 1.807) is 23.5 Å². The Balaban J connectivity index is 1.41. The molecule has 0 aliphatic carbocycles. The summed E-state index contributed by atoms with van der Waals surface area (Å²) >= 11 is 8.00. The van der Waals surface area contributed by atoms with Gasteiger partial charge in [-0.05, 0) is 24.3 Å². The lowest BCUT2D eigenvalue weighted by Crippen LogP contribution is -2.37. The van der Waals surface area contributed by atoms with Gasteiger partial charge >= 0.3 is 0 Å². The van der Waals surface area contributed by atoms with Crippen LogP contribution in [0.4, 0.5) is 5.69 Å². The largest absolute Gasteiger partial charge is 0.486 e. The quantitative estimate of drug-likeness (QED) is 0.735. The van der Waals surface area contributed by atoms with Crippen LogP contribution in [0.1, 0.15) is 17.7 Å². The number of benzene rings is 1. The highest BCUT2D eigenvalue weighted by Crippen LogP contribution is 2.37. The first-order valence-electron chi connectivity index (χ1n) is 9.43. The molecule has 28 heavy (non-hydrogen) atoms. The van der Waals surface area contributed by atoms with Crippen molar-refractivity contribution in [1.82, 2.24) is 4.90 Å². The van der Waals surface area contributed by atoms with Crippen molar-refractivity contribution in [3.8, 4) is 11.5 Å². The normalized spacial score (nSPS) is 18.4. The van der Waals surface area contributed by atoms with Gasteiger partial charge in [-0.15, -0.1) is 11.3 Å². The number of nitrogens with one attached hydrogen (secondary N) is 1. The number of carbonyl (C=O) groups excluding carboxylic acids is 1. The predicted octanol–water partition coefficient (Wildman–Crippen LogP) is 3.79. The third-order valence-electron chi connectivity index (χ3n) is 4.72. The van der Waals surface area contributed by atoms with Crippen LogP contribution in [-0.2, 0) is 16.1 Å². The van der Waals surface area contributed by atoms with E-state index in [4.69, 9.17) is 25.8 Å². The van der Waals surface area contributed by atoms with Crippen molar-refractivity contribution in [3.05, 3.63) is 39.5 Å². The van der Waals surface area contributed by atoms with Crippen LogP contribution in [0, 0.1) is 0 Å². The molecule has 2 aliphatic rings. The SMILES string of the molecule is O=C(CN(Cc1cccs1)CC1CCCO1)Nc1cc2c(cc1Cl)OCCO2. The molecule has 150 valence electrons. The summed E-state index contributed by atoms with van der Waals surface area (Å²) in [5.74, 6) is 1.08. The first-order chi connectivity index (χ1) is 13.7. The van der Waals surface area contributed by atoms with Gasteiger partial charge < -0.3 is 19.5 Å². The van der Waals surface area contributed by atoms with E-state index >= 15 is 0 Å². The van der Waals surface area contributed by atoms with Gasteiger partial charge in [0.15, 0.2) is 11.5 Å². The summed E-state index contributed by atoms with van der Waals surface area (Å²) in [4.78, 5) is 16.1. The van der Waals surface area contributed by atoms with Crippen LogP contribution < -0.4 is 14.8 Å². The predicted molar refractivity (Wildman–Crippen MR) is 110 cm³/mol. The monoisotopic (exact) mass is 422 g/mol. The number of fused-ring (bicyclic) bond motifs is 1. The minimum Gasteiger partial charge on any atom is -0.486 e. The number of hydrogen-bond acceptors (Lipinski definition) is 6. The van der Waals surface area contributed by atoms with Gasteiger partial charge in [0.1, 0.15) is 13.2 Å². The molecule has 0 spiro atoms. The first kappa shape index (κ1) is 19.5. The highest BCUT2D eigenvalue weighted by molar-refractivity contribution is 7.09. The van der Waals surface area contributed by atoms with E-state index in [0.29, 0.717) is 35.4 Å². The highest BCUT2D eigenvalue weighted by atomic mass is 35.5. The number of thiophene rings is 1. The number of ether oxygens (including phenoxy) is 3. The fourth-order valence-corrected chi connectivity index (χ4v) is 4.38. The summed E-state index contributed by atoms with van der Waals surface area (Å²) in [7, 11) is 0. The van der Waals surface area contributed by atoms with E-state index < -0.39 is 0 Å². The molecule has 0 radical (unpaired) electrons. The van der Waals surface area contributed by atoms with Crippen LogP contribution in [0.15, 0.2) is 29.6 Å². The van der Waals surface area contributed by atoms with Gasteiger partial charge in [0, 0.05) is 36.7 Å². The third kappa shape index (κ3) is 4.97. The summed E-state index contributed by atoms with van der Waals surface area (Å²) in [6.45, 7) is 3.51. The standard InChI is InChI=1S/C20H23ClN2O4S/c21-16-9-18-19(27-7-6-26-18)10-17(16)22-20(24)13-23(11-14-3-1-5-25-14)12-15-4-2-8-28-15/h2,4,8-10,14H,1,3,5-7,11-13H2,(H,22,24). The van der Waals surface area contributed by atoms with Crippen LogP contribution in [0.2, 0.25) is 5.02 Å². The fraction of sp³-hybridized carbons (Fsp3) is 0.450. The number of amides is 1. The number of halogens is 1. The van der Waals surface area contributed by atoms with Gasteiger partial charge in [-0.25, -0.2) is 0 Å². The Bertz CT molecular complexity index is 809. The molecule has 1 fully saturated rings. The molecule has 1 aromatic heterocycles. The van der Waals surface area contributed by atoms with Gasteiger partial charge in [0.05, 0.1) is 23.4 Å². The molecular formula is C20H23ClN2O4S. The number of hydrogen-bond donors (Lipinski definition) is 1. The van der Waals surface area contributed by atoms with Crippen molar-refractivity contribution in [2.24, 2.45) is 0 Å². The zero-order valence-electron chi connectivity index (χ0n) is 15.5. The summed E-state index contributed by atoms with van der Waals surface area (Å²) in [5.41, 5.74) is 0.532. The lowest BCUT2D eigenvalue weighted by atomic mass is 10.2. The Morgan fingerprint density at radius 2 is 2.07 bits per heavy atom. The number of anilines is 1. The van der Waals surface area contributed by atoms with Crippen molar-refractivity contribution in [3.63, 3.8) is 0 Å². The van der Waals surface area contributed by atoms with Crippen LogP contribution >= 0.6 is 22.9 Å². The molecule has 8 heteroatoms. The second kappa shape index (κ2) is 9.13. The van der Waals surface area contributed by atoms with Crippen molar-refractivity contribution in [2.75, 3.05) is 38.2 Å². The molecule has 1 aromatic carbocycles. The Morgan fingerprint density at radius 3 is 2.79 bits per heavy atom. The molecule has 1 unspecified atom stereocenters. The van der Waals surface area contributed by atoms with Gasteiger partial charge in [0.25, 0.3) is 0 Å². The van der Waals surface area contributed by atoms with Gasteiger partial charge in [0.2, 0.25) is 5.91 Å². The van der Waals surface area contributed by atoms with E-state index in [2.05, 4.69) is 21.7 Å². The maximum absolute atomic E-state index is 12.7. The number of carbonyl (C=O) groups is 1. The fourth-order valence-electron chi connectivity index (χ4n) is 3.44. The second-order valence-electron chi connectivity index (χ2n) is 6.91. The van der Waals surface area contributed by atoms with Gasteiger partial charge in [-0.1, -0.05) is 17.7 Å². The molecule has 0 saturated carbocycles. The Morgan fingerprint density at radius 1 is 1.25 bits per heavy atom. The summed E-state index contributed by atoms with van der Waals surface area (Å²) < 4.78 is 16.9. The topological polar surface area (TPSA) is 60.0 Å². The van der Waals surface area contributed by atoms with Crippen LogP contribution in [-0.4, -0.2) is 49.8 Å². The molecule has 3 heterocycles. The van der Waals surface area contributed by atoms with Crippen LogP contribution in [0.25, 0.3) is 0 Å². The molecule has 1 atom stereocenters. The maximum Gasteiger partial charge on any atom is 0.238 e. The molecule has 1 amide bonds. The lowest BCUT2D eigenvalue weighted by molar-refractivity contribution is -0.117. The summed E-state index contributed by atoms with van der Waals surface area (Å²) in [6, 6.07) is 7.52.